The Balaban J connectivity index is 1.90. The van der Waals surface area contributed by atoms with Crippen molar-refractivity contribution in [2.24, 2.45) is 4.99 Å². The normalized spacial score (nSPS) is 15.2. The molecule has 1 saturated heterocycles. The van der Waals surface area contributed by atoms with Gasteiger partial charge in [0, 0.05) is 31.3 Å². The first-order valence-corrected chi connectivity index (χ1v) is 7.04. The zero-order chi connectivity index (χ0) is 18.1. The highest BCUT2D eigenvalue weighted by Gasteiger charge is 2.40. The number of hydrogen-bond donors (Lipinski definition) is 0. The van der Waals surface area contributed by atoms with E-state index in [4.69, 9.17) is 0 Å². The minimum Gasteiger partial charge on any atom is -0.266 e. The zero-order valence-corrected chi connectivity index (χ0v) is 12.9. The number of non-ortho nitro benzene ring substituents is 2. The Hall–Kier alpha value is -3.82. The summed E-state index contributed by atoms with van der Waals surface area (Å²) < 4.78 is 0. The molecular weight excluding hydrogens is 330 g/mol. The molecule has 2 amide bonds. The number of urea groups is 1. The molecule has 0 aliphatic carbocycles. The van der Waals surface area contributed by atoms with Gasteiger partial charge in [0.2, 0.25) is 5.96 Å². The average molecular weight is 341 g/mol. The molecule has 0 radical (unpaired) electrons. The fraction of sp³-hybridized carbons (Fsp3) is 0.0667. The lowest BCUT2D eigenvalue weighted by atomic mass is 10.2. The van der Waals surface area contributed by atoms with Gasteiger partial charge in [-0.05, 0) is 24.3 Å². The summed E-state index contributed by atoms with van der Waals surface area (Å²) in [5.41, 5.74) is 0.731. The van der Waals surface area contributed by atoms with Gasteiger partial charge < -0.3 is 0 Å². The predicted octanol–water partition coefficient (Wildman–Crippen LogP) is 3.06. The number of nitro groups is 2. The fourth-order valence-electron chi connectivity index (χ4n) is 2.27. The van der Waals surface area contributed by atoms with Gasteiger partial charge in [-0.3, -0.25) is 25.1 Å². The van der Waals surface area contributed by atoms with E-state index in [2.05, 4.69) is 4.99 Å². The van der Waals surface area contributed by atoms with Gasteiger partial charge in [0.05, 0.1) is 21.2 Å². The van der Waals surface area contributed by atoms with Crippen LogP contribution in [0.2, 0.25) is 0 Å². The van der Waals surface area contributed by atoms with Crippen LogP contribution >= 0.6 is 0 Å². The Bertz CT molecular complexity index is 892. The van der Waals surface area contributed by atoms with Crippen LogP contribution in [-0.4, -0.2) is 33.8 Å². The summed E-state index contributed by atoms with van der Waals surface area (Å²) in [4.78, 5) is 39.3. The molecule has 0 bridgehead atoms. The molecule has 0 N–H and O–H groups in total. The van der Waals surface area contributed by atoms with Crippen molar-refractivity contribution in [1.82, 2.24) is 4.90 Å². The molecule has 1 aliphatic rings. The first-order valence-electron chi connectivity index (χ1n) is 7.04. The number of guanidine groups is 1. The van der Waals surface area contributed by atoms with Gasteiger partial charge in [0.15, 0.2) is 0 Å². The number of nitrogens with zero attached hydrogens (tertiary/aromatic N) is 5. The Morgan fingerprint density at radius 2 is 1.36 bits per heavy atom. The molecule has 3 rings (SSSR count). The molecule has 10 nitrogen and oxygen atoms in total. The van der Waals surface area contributed by atoms with E-state index in [0.717, 1.165) is 0 Å². The molecule has 1 heterocycles. The average Bonchev–Trinajstić information content (AvgIpc) is 2.61. The summed E-state index contributed by atoms with van der Waals surface area (Å²) in [6.07, 6.45) is 0. The van der Waals surface area contributed by atoms with E-state index in [1.54, 1.807) is 0 Å². The first-order chi connectivity index (χ1) is 11.9. The number of amides is 2. The van der Waals surface area contributed by atoms with Gasteiger partial charge in [-0.25, -0.2) is 14.7 Å². The van der Waals surface area contributed by atoms with Crippen LogP contribution < -0.4 is 4.90 Å². The van der Waals surface area contributed by atoms with E-state index >= 15 is 0 Å². The summed E-state index contributed by atoms with van der Waals surface area (Å²) in [5, 5.41) is 21.4. The maximum Gasteiger partial charge on any atom is 0.338 e. The van der Waals surface area contributed by atoms with Crippen molar-refractivity contribution in [3.63, 3.8) is 0 Å². The van der Waals surface area contributed by atoms with Gasteiger partial charge in [-0.2, -0.15) is 0 Å². The third-order valence-electron chi connectivity index (χ3n) is 3.59. The van der Waals surface area contributed by atoms with E-state index in [1.807, 2.05) is 0 Å². The molecule has 0 atom stereocenters. The number of anilines is 1. The molecule has 0 saturated carbocycles. The van der Waals surface area contributed by atoms with Crippen LogP contribution in [0.5, 0.6) is 0 Å². The number of carbonyl (C=O) groups is 1. The van der Waals surface area contributed by atoms with Gasteiger partial charge in [0.1, 0.15) is 0 Å². The third kappa shape index (κ3) is 2.87. The van der Waals surface area contributed by atoms with E-state index in [0.29, 0.717) is 17.3 Å². The Morgan fingerprint density at radius 1 is 0.880 bits per heavy atom. The van der Waals surface area contributed by atoms with Crippen LogP contribution in [0.15, 0.2) is 53.5 Å². The van der Waals surface area contributed by atoms with E-state index in [9.17, 15) is 25.0 Å². The number of aliphatic imine (C=N–C) groups is 1. The molecule has 0 aromatic heterocycles. The van der Waals surface area contributed by atoms with Gasteiger partial charge in [0.25, 0.3) is 11.4 Å². The van der Waals surface area contributed by atoms with Crippen LogP contribution in [-0.2, 0) is 0 Å². The van der Waals surface area contributed by atoms with Crippen LogP contribution in [0, 0.1) is 20.2 Å². The van der Waals surface area contributed by atoms with Crippen LogP contribution in [0.1, 0.15) is 0 Å². The van der Waals surface area contributed by atoms with Gasteiger partial charge in [-0.1, -0.05) is 0 Å². The number of carbonyl (C=O) groups excluding carboxylic acids is 1. The third-order valence-corrected chi connectivity index (χ3v) is 3.59. The summed E-state index contributed by atoms with van der Waals surface area (Å²) >= 11 is 0. The molecule has 1 aliphatic heterocycles. The first kappa shape index (κ1) is 16.1. The second kappa shape index (κ2) is 6.00. The SMILES string of the molecule is CN1C(=O)N(c2ccc([N+](=O)[O-])cc2)C1=Nc1ccc([N+](=O)[O-])cc1. The number of benzene rings is 2. The monoisotopic (exact) mass is 341 g/mol. The Labute approximate surface area is 140 Å². The second-order valence-electron chi connectivity index (χ2n) is 5.14. The second-order valence-corrected chi connectivity index (χ2v) is 5.14. The van der Waals surface area contributed by atoms with Crippen molar-refractivity contribution in [3.05, 3.63) is 68.8 Å². The number of hydrogen-bond acceptors (Lipinski definition) is 6. The van der Waals surface area contributed by atoms with Crippen molar-refractivity contribution in [3.8, 4) is 0 Å². The van der Waals surface area contributed by atoms with Crippen molar-refractivity contribution in [1.29, 1.82) is 0 Å². The van der Waals surface area contributed by atoms with E-state index in [1.165, 1.54) is 65.4 Å². The molecule has 1 fully saturated rings. The summed E-state index contributed by atoms with van der Waals surface area (Å²) in [6, 6.07) is 10.7. The molecule has 2 aromatic carbocycles. The predicted molar refractivity (Wildman–Crippen MR) is 88.9 cm³/mol. The molecule has 2 aromatic rings. The van der Waals surface area contributed by atoms with Crippen LogP contribution in [0.3, 0.4) is 0 Å². The van der Waals surface area contributed by atoms with Crippen molar-refractivity contribution in [2.45, 2.75) is 0 Å². The molecule has 126 valence electrons. The summed E-state index contributed by atoms with van der Waals surface area (Å²) in [6.45, 7) is 0. The molecule has 25 heavy (non-hydrogen) atoms. The van der Waals surface area contributed by atoms with Gasteiger partial charge >= 0.3 is 6.03 Å². The lowest BCUT2D eigenvalue weighted by molar-refractivity contribution is -0.385. The Morgan fingerprint density at radius 3 is 1.84 bits per heavy atom. The maximum absolute atomic E-state index is 12.1. The smallest absolute Gasteiger partial charge is 0.266 e. The molecule has 10 heteroatoms. The molecule has 0 spiro atoms. The maximum atomic E-state index is 12.1. The topological polar surface area (TPSA) is 122 Å². The largest absolute Gasteiger partial charge is 0.338 e. The minimum atomic E-state index is -0.528. The van der Waals surface area contributed by atoms with E-state index < -0.39 is 9.85 Å². The molecular formula is C15H11N5O5. The highest BCUT2D eigenvalue weighted by Crippen LogP contribution is 2.28. The lowest BCUT2D eigenvalue weighted by Gasteiger charge is -2.40. The fourth-order valence-corrected chi connectivity index (χ4v) is 2.27. The van der Waals surface area contributed by atoms with Crippen LogP contribution in [0.4, 0.5) is 27.5 Å². The van der Waals surface area contributed by atoms with E-state index in [-0.39, 0.29) is 17.4 Å². The Kier molecular flexibility index (Phi) is 3.85. The van der Waals surface area contributed by atoms with Crippen molar-refractivity contribution in [2.75, 3.05) is 11.9 Å². The van der Waals surface area contributed by atoms with Crippen molar-refractivity contribution >= 4 is 34.7 Å². The lowest BCUT2D eigenvalue weighted by Crippen LogP contribution is -2.63. The highest BCUT2D eigenvalue weighted by atomic mass is 16.6. The van der Waals surface area contributed by atoms with Crippen molar-refractivity contribution < 1.29 is 14.6 Å². The molecule has 0 unspecified atom stereocenters. The quantitative estimate of drug-likeness (QED) is 0.624. The summed E-state index contributed by atoms with van der Waals surface area (Å²) in [7, 11) is 1.54. The van der Waals surface area contributed by atoms with Gasteiger partial charge in [-0.15, -0.1) is 0 Å². The van der Waals surface area contributed by atoms with Crippen LogP contribution in [0.25, 0.3) is 0 Å². The highest BCUT2D eigenvalue weighted by molar-refractivity contribution is 6.30. The minimum absolute atomic E-state index is 0.0609. The summed E-state index contributed by atoms with van der Waals surface area (Å²) in [5.74, 6) is 0.313. The zero-order valence-electron chi connectivity index (χ0n) is 12.9. The standard InChI is InChI=1S/C15H11N5O5/c1-17-14(16-10-2-4-12(5-3-10)19(22)23)18(15(17)21)11-6-8-13(9-7-11)20(24)25/h2-9H,1H3. The number of rotatable bonds is 4. The number of nitro benzene ring substituents is 2.